The van der Waals surface area contributed by atoms with Gasteiger partial charge >= 0.3 is 0 Å². The van der Waals surface area contributed by atoms with Crippen molar-refractivity contribution in [2.75, 3.05) is 30.9 Å². The van der Waals surface area contributed by atoms with Gasteiger partial charge in [-0.2, -0.15) is 4.98 Å². The SMILES string of the molecule is COc1ccc(Nc2nc(NCCCO)ncc2F)cc1Cl. The van der Waals surface area contributed by atoms with Crippen LogP contribution in [0.15, 0.2) is 24.4 Å². The number of hydrogen-bond acceptors (Lipinski definition) is 6. The van der Waals surface area contributed by atoms with Crippen molar-refractivity contribution in [3.8, 4) is 5.75 Å². The van der Waals surface area contributed by atoms with Gasteiger partial charge in [-0.15, -0.1) is 0 Å². The minimum atomic E-state index is -0.584. The zero-order chi connectivity index (χ0) is 15.9. The number of hydrogen-bond donors (Lipinski definition) is 3. The number of aliphatic hydroxyl groups is 1. The Morgan fingerprint density at radius 1 is 1.41 bits per heavy atom. The van der Waals surface area contributed by atoms with Crippen molar-refractivity contribution in [2.24, 2.45) is 0 Å². The molecule has 0 aliphatic carbocycles. The van der Waals surface area contributed by atoms with Gasteiger partial charge in [0.25, 0.3) is 0 Å². The summed E-state index contributed by atoms with van der Waals surface area (Å²) < 4.78 is 18.8. The monoisotopic (exact) mass is 326 g/mol. The standard InChI is InChI=1S/C14H16ClFN4O2/c1-22-12-4-3-9(7-10(12)15)19-13-11(16)8-18-14(20-13)17-5-2-6-21/h3-4,7-8,21H,2,5-6H2,1H3,(H2,17,18,19,20). The molecule has 118 valence electrons. The summed E-state index contributed by atoms with van der Waals surface area (Å²) in [6, 6.07) is 4.98. The van der Waals surface area contributed by atoms with Gasteiger partial charge in [0.15, 0.2) is 11.6 Å². The van der Waals surface area contributed by atoms with Crippen LogP contribution in [0.4, 0.5) is 21.8 Å². The lowest BCUT2D eigenvalue weighted by Gasteiger charge is -2.10. The van der Waals surface area contributed by atoms with E-state index in [2.05, 4.69) is 20.6 Å². The van der Waals surface area contributed by atoms with Gasteiger partial charge < -0.3 is 20.5 Å². The summed E-state index contributed by atoms with van der Waals surface area (Å²) in [7, 11) is 1.52. The zero-order valence-electron chi connectivity index (χ0n) is 11.9. The molecule has 1 heterocycles. The third kappa shape index (κ3) is 4.19. The van der Waals surface area contributed by atoms with Gasteiger partial charge in [0.2, 0.25) is 5.95 Å². The van der Waals surface area contributed by atoms with E-state index in [1.165, 1.54) is 7.11 Å². The van der Waals surface area contributed by atoms with Gasteiger partial charge in [-0.25, -0.2) is 9.37 Å². The number of anilines is 3. The second-order valence-electron chi connectivity index (χ2n) is 4.37. The highest BCUT2D eigenvalue weighted by molar-refractivity contribution is 6.32. The molecule has 0 amide bonds. The van der Waals surface area contributed by atoms with Crippen LogP contribution >= 0.6 is 11.6 Å². The maximum atomic E-state index is 13.8. The molecule has 0 saturated heterocycles. The molecule has 6 nitrogen and oxygen atoms in total. The molecule has 0 bridgehead atoms. The van der Waals surface area contributed by atoms with Gasteiger partial charge in [-0.3, -0.25) is 0 Å². The van der Waals surface area contributed by atoms with Crippen LogP contribution in [-0.2, 0) is 0 Å². The molecule has 0 saturated carbocycles. The predicted octanol–water partition coefficient (Wildman–Crippen LogP) is 2.82. The van der Waals surface area contributed by atoms with Crippen LogP contribution in [0.2, 0.25) is 5.02 Å². The van der Waals surface area contributed by atoms with E-state index in [4.69, 9.17) is 21.4 Å². The highest BCUT2D eigenvalue weighted by Gasteiger charge is 2.09. The maximum absolute atomic E-state index is 13.8. The van der Waals surface area contributed by atoms with Crippen molar-refractivity contribution < 1.29 is 14.2 Å². The molecule has 0 radical (unpaired) electrons. The number of nitrogens with zero attached hydrogens (tertiary/aromatic N) is 2. The van der Waals surface area contributed by atoms with Crippen LogP contribution in [0.1, 0.15) is 6.42 Å². The quantitative estimate of drug-likeness (QED) is 0.679. The third-order valence-corrected chi connectivity index (χ3v) is 3.07. The largest absolute Gasteiger partial charge is 0.495 e. The Bertz CT molecular complexity index is 642. The molecule has 0 unspecified atom stereocenters. The molecule has 2 aromatic rings. The number of aliphatic hydroxyl groups excluding tert-OH is 1. The van der Waals surface area contributed by atoms with Crippen molar-refractivity contribution in [1.29, 1.82) is 0 Å². The molecule has 1 aromatic carbocycles. The van der Waals surface area contributed by atoms with Crippen LogP contribution < -0.4 is 15.4 Å². The molecule has 3 N–H and O–H groups in total. The summed E-state index contributed by atoms with van der Waals surface area (Å²) in [5, 5.41) is 14.9. The Balaban J connectivity index is 2.14. The number of halogens is 2. The first-order valence-electron chi connectivity index (χ1n) is 6.62. The molecule has 2 rings (SSSR count). The van der Waals surface area contributed by atoms with Gasteiger partial charge in [-0.1, -0.05) is 11.6 Å². The predicted molar refractivity (Wildman–Crippen MR) is 83.5 cm³/mol. The minimum Gasteiger partial charge on any atom is -0.495 e. The number of aromatic nitrogens is 2. The van der Waals surface area contributed by atoms with Gasteiger partial charge in [-0.05, 0) is 24.6 Å². The Kier molecular flexibility index (Phi) is 5.74. The van der Waals surface area contributed by atoms with Crippen LogP contribution in [-0.4, -0.2) is 35.3 Å². The lowest BCUT2D eigenvalue weighted by atomic mass is 10.3. The lowest BCUT2D eigenvalue weighted by molar-refractivity contribution is 0.292. The second-order valence-corrected chi connectivity index (χ2v) is 4.78. The Morgan fingerprint density at radius 2 is 2.23 bits per heavy atom. The molecule has 0 spiro atoms. The fraction of sp³-hybridized carbons (Fsp3) is 0.286. The van der Waals surface area contributed by atoms with Crippen molar-refractivity contribution in [2.45, 2.75) is 6.42 Å². The minimum absolute atomic E-state index is 0.0303. The average molecular weight is 327 g/mol. The fourth-order valence-corrected chi connectivity index (χ4v) is 1.96. The summed E-state index contributed by atoms with van der Waals surface area (Å²) >= 11 is 6.02. The summed E-state index contributed by atoms with van der Waals surface area (Å²) in [6.07, 6.45) is 1.62. The first-order chi connectivity index (χ1) is 10.6. The number of methoxy groups -OCH3 is 1. The number of benzene rings is 1. The van der Waals surface area contributed by atoms with E-state index in [9.17, 15) is 4.39 Å². The smallest absolute Gasteiger partial charge is 0.224 e. The molecule has 0 fully saturated rings. The molecular formula is C14H16ClFN4O2. The summed E-state index contributed by atoms with van der Waals surface area (Å²) in [6.45, 7) is 0.555. The number of ether oxygens (including phenoxy) is 1. The maximum Gasteiger partial charge on any atom is 0.224 e. The normalized spacial score (nSPS) is 10.4. The average Bonchev–Trinajstić information content (AvgIpc) is 2.51. The van der Waals surface area contributed by atoms with E-state index in [1.54, 1.807) is 18.2 Å². The molecule has 22 heavy (non-hydrogen) atoms. The summed E-state index contributed by atoms with van der Waals surface area (Å²) in [4.78, 5) is 7.88. The first kappa shape index (κ1) is 16.3. The van der Waals surface area contributed by atoms with Gasteiger partial charge in [0, 0.05) is 18.8 Å². The van der Waals surface area contributed by atoms with Crippen molar-refractivity contribution in [1.82, 2.24) is 9.97 Å². The Hall–Kier alpha value is -2.12. The van der Waals surface area contributed by atoms with Crippen molar-refractivity contribution in [3.63, 3.8) is 0 Å². The first-order valence-corrected chi connectivity index (χ1v) is 6.99. The van der Waals surface area contributed by atoms with E-state index in [0.29, 0.717) is 29.4 Å². The van der Waals surface area contributed by atoms with E-state index in [-0.39, 0.29) is 18.4 Å². The van der Waals surface area contributed by atoms with E-state index < -0.39 is 5.82 Å². The van der Waals surface area contributed by atoms with Crippen LogP contribution in [0.25, 0.3) is 0 Å². The molecule has 1 aromatic heterocycles. The molecular weight excluding hydrogens is 311 g/mol. The van der Waals surface area contributed by atoms with Crippen LogP contribution in [0.3, 0.4) is 0 Å². The molecule has 0 aliphatic heterocycles. The number of rotatable bonds is 7. The van der Waals surface area contributed by atoms with Crippen molar-refractivity contribution >= 4 is 29.1 Å². The summed E-state index contributed by atoms with van der Waals surface area (Å²) in [5.41, 5.74) is 0.574. The topological polar surface area (TPSA) is 79.3 Å². The van der Waals surface area contributed by atoms with Gasteiger partial charge in [0.05, 0.1) is 18.3 Å². The summed E-state index contributed by atoms with van der Waals surface area (Å²) in [5.74, 6) is 0.251. The fourth-order valence-electron chi connectivity index (χ4n) is 1.70. The van der Waals surface area contributed by atoms with Crippen molar-refractivity contribution in [3.05, 3.63) is 35.2 Å². The lowest BCUT2D eigenvalue weighted by Crippen LogP contribution is -2.09. The molecule has 0 atom stereocenters. The Morgan fingerprint density at radius 3 is 2.91 bits per heavy atom. The Labute approximate surface area is 132 Å². The van der Waals surface area contributed by atoms with E-state index in [0.717, 1.165) is 6.20 Å². The van der Waals surface area contributed by atoms with Gasteiger partial charge in [0.1, 0.15) is 5.75 Å². The van der Waals surface area contributed by atoms with E-state index in [1.807, 2.05) is 0 Å². The zero-order valence-corrected chi connectivity index (χ0v) is 12.7. The van der Waals surface area contributed by atoms with E-state index >= 15 is 0 Å². The van der Waals surface area contributed by atoms with Crippen LogP contribution in [0, 0.1) is 5.82 Å². The second kappa shape index (κ2) is 7.77. The molecule has 8 heteroatoms. The number of nitrogens with one attached hydrogen (secondary N) is 2. The highest BCUT2D eigenvalue weighted by atomic mass is 35.5. The third-order valence-electron chi connectivity index (χ3n) is 2.78. The van der Waals surface area contributed by atoms with Crippen LogP contribution in [0.5, 0.6) is 5.75 Å². The highest BCUT2D eigenvalue weighted by Crippen LogP contribution is 2.29. The molecule has 0 aliphatic rings.